The van der Waals surface area contributed by atoms with Crippen molar-refractivity contribution in [2.45, 2.75) is 19.9 Å². The number of thiophene rings is 1. The molecule has 0 fully saturated rings. The molecule has 0 spiro atoms. The second-order valence-corrected chi connectivity index (χ2v) is 6.68. The predicted octanol–water partition coefficient (Wildman–Crippen LogP) is 5.02. The van der Waals surface area contributed by atoms with E-state index in [2.05, 4.69) is 41.2 Å². The molecule has 20 heavy (non-hydrogen) atoms. The van der Waals surface area contributed by atoms with Gasteiger partial charge in [0.2, 0.25) is 0 Å². The molecule has 106 valence electrons. The number of nitrogens with one attached hydrogen (secondary N) is 1. The van der Waals surface area contributed by atoms with Crippen LogP contribution in [0.15, 0.2) is 40.2 Å². The van der Waals surface area contributed by atoms with Crippen molar-refractivity contribution in [2.24, 2.45) is 5.92 Å². The highest BCUT2D eigenvalue weighted by molar-refractivity contribution is 9.10. The van der Waals surface area contributed by atoms with Gasteiger partial charge in [0.05, 0.1) is 17.3 Å². The van der Waals surface area contributed by atoms with Crippen molar-refractivity contribution in [3.8, 4) is 0 Å². The third-order valence-electron chi connectivity index (χ3n) is 3.05. The van der Waals surface area contributed by atoms with Crippen molar-refractivity contribution in [1.29, 1.82) is 0 Å². The van der Waals surface area contributed by atoms with E-state index in [0.29, 0.717) is 16.1 Å². The maximum Gasteiger partial charge on any atom is 0.338 e. The lowest BCUT2D eigenvalue weighted by Crippen LogP contribution is -2.17. The summed E-state index contributed by atoms with van der Waals surface area (Å²) in [6.45, 7) is 4.24. The van der Waals surface area contributed by atoms with Gasteiger partial charge in [-0.3, -0.25) is 0 Å². The summed E-state index contributed by atoms with van der Waals surface area (Å²) < 4.78 is 0.587. The Morgan fingerprint density at radius 2 is 2.05 bits per heavy atom. The van der Waals surface area contributed by atoms with Crippen molar-refractivity contribution in [1.82, 2.24) is 0 Å². The molecule has 3 nitrogen and oxygen atoms in total. The van der Waals surface area contributed by atoms with Crippen LogP contribution in [0.5, 0.6) is 0 Å². The highest BCUT2D eigenvalue weighted by atomic mass is 79.9. The minimum absolute atomic E-state index is 0.0994. The van der Waals surface area contributed by atoms with Gasteiger partial charge in [-0.2, -0.15) is 0 Å². The number of anilines is 1. The van der Waals surface area contributed by atoms with Gasteiger partial charge >= 0.3 is 5.97 Å². The van der Waals surface area contributed by atoms with E-state index in [1.165, 1.54) is 4.88 Å². The topological polar surface area (TPSA) is 49.3 Å². The number of hydrogen-bond donors (Lipinski definition) is 2. The predicted molar refractivity (Wildman–Crippen MR) is 86.6 cm³/mol. The number of benzene rings is 1. The van der Waals surface area contributed by atoms with Crippen LogP contribution in [0.4, 0.5) is 5.69 Å². The Kier molecular flexibility index (Phi) is 4.83. The van der Waals surface area contributed by atoms with Crippen LogP contribution >= 0.6 is 27.3 Å². The maximum atomic E-state index is 11.4. The molecule has 1 unspecified atom stereocenters. The van der Waals surface area contributed by atoms with Gasteiger partial charge in [0, 0.05) is 9.35 Å². The van der Waals surface area contributed by atoms with Gasteiger partial charge in [0.15, 0.2) is 0 Å². The third kappa shape index (κ3) is 3.22. The summed E-state index contributed by atoms with van der Waals surface area (Å²) in [6, 6.07) is 9.56. The van der Waals surface area contributed by atoms with Gasteiger partial charge in [-0.15, -0.1) is 11.3 Å². The van der Waals surface area contributed by atoms with Crippen molar-refractivity contribution in [3.63, 3.8) is 0 Å². The Labute approximate surface area is 130 Å². The summed E-state index contributed by atoms with van der Waals surface area (Å²) in [5.41, 5.74) is 0.911. The molecule has 2 N–H and O–H groups in total. The Bertz CT molecular complexity index is 596. The van der Waals surface area contributed by atoms with Gasteiger partial charge in [-0.05, 0) is 45.4 Å². The Morgan fingerprint density at radius 3 is 2.60 bits per heavy atom. The highest BCUT2D eigenvalue weighted by Crippen LogP contribution is 2.33. The molecule has 0 aliphatic carbocycles. The standard InChI is InChI=1S/C15H16BrNO2S/c1-9(2)14(12-7-4-8-20-12)17-11-6-3-5-10(16)13(11)15(18)19/h3-9,14,17H,1-2H3,(H,18,19). The molecule has 0 amide bonds. The molecule has 1 aromatic heterocycles. The van der Waals surface area contributed by atoms with Gasteiger partial charge in [-0.1, -0.05) is 26.0 Å². The summed E-state index contributed by atoms with van der Waals surface area (Å²) in [5.74, 6) is -0.581. The van der Waals surface area contributed by atoms with E-state index >= 15 is 0 Å². The van der Waals surface area contributed by atoms with E-state index in [1.54, 1.807) is 23.5 Å². The Morgan fingerprint density at radius 1 is 1.30 bits per heavy atom. The molecule has 0 saturated heterocycles. The van der Waals surface area contributed by atoms with Gasteiger partial charge in [-0.25, -0.2) is 4.79 Å². The Hall–Kier alpha value is -1.33. The van der Waals surface area contributed by atoms with E-state index < -0.39 is 5.97 Å². The summed E-state index contributed by atoms with van der Waals surface area (Å²) >= 11 is 4.98. The van der Waals surface area contributed by atoms with Crippen LogP contribution in [0.2, 0.25) is 0 Å². The van der Waals surface area contributed by atoms with Crippen LogP contribution < -0.4 is 5.32 Å². The summed E-state index contributed by atoms with van der Waals surface area (Å²) in [5, 5.41) is 14.8. The number of aromatic carboxylic acids is 1. The smallest absolute Gasteiger partial charge is 0.338 e. The first-order valence-electron chi connectivity index (χ1n) is 6.32. The zero-order chi connectivity index (χ0) is 14.7. The largest absolute Gasteiger partial charge is 0.478 e. The summed E-state index contributed by atoms with van der Waals surface area (Å²) in [6.07, 6.45) is 0. The zero-order valence-corrected chi connectivity index (χ0v) is 13.7. The van der Waals surface area contributed by atoms with Crippen LogP contribution in [0.1, 0.15) is 35.1 Å². The van der Waals surface area contributed by atoms with Crippen LogP contribution in [-0.4, -0.2) is 11.1 Å². The fourth-order valence-electron chi connectivity index (χ4n) is 2.06. The van der Waals surface area contributed by atoms with Crippen LogP contribution in [-0.2, 0) is 0 Å². The number of carboxylic acids is 1. The number of carbonyl (C=O) groups is 1. The van der Waals surface area contributed by atoms with Crippen LogP contribution in [0.3, 0.4) is 0 Å². The molecular weight excluding hydrogens is 338 g/mol. The van der Waals surface area contributed by atoms with Crippen molar-refractivity contribution < 1.29 is 9.90 Å². The zero-order valence-electron chi connectivity index (χ0n) is 11.3. The molecule has 0 saturated carbocycles. The molecule has 5 heteroatoms. The van der Waals surface area contributed by atoms with Crippen LogP contribution in [0, 0.1) is 5.92 Å². The van der Waals surface area contributed by atoms with Gasteiger partial charge < -0.3 is 10.4 Å². The lowest BCUT2D eigenvalue weighted by atomic mass is 10.0. The summed E-state index contributed by atoms with van der Waals surface area (Å²) in [7, 11) is 0. The molecule has 0 radical (unpaired) electrons. The third-order valence-corrected chi connectivity index (χ3v) is 4.67. The van der Waals surface area contributed by atoms with Crippen molar-refractivity contribution in [2.75, 3.05) is 5.32 Å². The lowest BCUT2D eigenvalue weighted by molar-refractivity contribution is 0.0697. The fourth-order valence-corrected chi connectivity index (χ4v) is 3.55. The maximum absolute atomic E-state index is 11.4. The number of halogens is 1. The molecule has 1 aromatic carbocycles. The SMILES string of the molecule is CC(C)C(Nc1cccc(Br)c1C(=O)O)c1cccs1. The molecule has 2 aromatic rings. The van der Waals surface area contributed by atoms with Crippen molar-refractivity contribution in [3.05, 3.63) is 50.6 Å². The molecule has 0 bridgehead atoms. The van der Waals surface area contributed by atoms with E-state index in [0.717, 1.165) is 0 Å². The first kappa shape index (κ1) is 15.1. The molecule has 0 aliphatic rings. The average Bonchev–Trinajstić information content (AvgIpc) is 2.88. The molecule has 2 rings (SSSR count). The monoisotopic (exact) mass is 353 g/mol. The van der Waals surface area contributed by atoms with E-state index in [9.17, 15) is 9.90 Å². The fraction of sp³-hybridized carbons (Fsp3) is 0.267. The highest BCUT2D eigenvalue weighted by Gasteiger charge is 2.21. The molecular formula is C15H16BrNO2S. The van der Waals surface area contributed by atoms with E-state index in [1.807, 2.05) is 17.5 Å². The lowest BCUT2D eigenvalue weighted by Gasteiger charge is -2.23. The van der Waals surface area contributed by atoms with Crippen LogP contribution in [0.25, 0.3) is 0 Å². The molecule has 0 aliphatic heterocycles. The average molecular weight is 354 g/mol. The van der Waals surface area contributed by atoms with E-state index in [4.69, 9.17) is 0 Å². The number of rotatable bonds is 5. The Balaban J connectivity index is 2.37. The second-order valence-electron chi connectivity index (χ2n) is 4.85. The van der Waals surface area contributed by atoms with Gasteiger partial charge in [0.1, 0.15) is 0 Å². The molecule has 1 atom stereocenters. The van der Waals surface area contributed by atoms with E-state index in [-0.39, 0.29) is 11.6 Å². The second kappa shape index (κ2) is 6.41. The number of carboxylic acid groups (broad SMARTS) is 1. The minimum atomic E-state index is -0.936. The number of hydrogen-bond acceptors (Lipinski definition) is 3. The first-order chi connectivity index (χ1) is 9.50. The van der Waals surface area contributed by atoms with Gasteiger partial charge in [0.25, 0.3) is 0 Å². The first-order valence-corrected chi connectivity index (χ1v) is 7.99. The summed E-state index contributed by atoms with van der Waals surface area (Å²) in [4.78, 5) is 12.6. The normalized spacial score (nSPS) is 12.4. The minimum Gasteiger partial charge on any atom is -0.478 e. The quantitative estimate of drug-likeness (QED) is 0.793. The molecule has 1 heterocycles. The van der Waals surface area contributed by atoms with Crippen molar-refractivity contribution >= 4 is 38.9 Å².